The first-order valence-electron chi connectivity index (χ1n) is 7.74. The number of anilines is 1. The Balaban J connectivity index is 2.19. The summed E-state index contributed by atoms with van der Waals surface area (Å²) in [5, 5.41) is 17.3. The molecule has 6 nitrogen and oxygen atoms in total. The Morgan fingerprint density at radius 1 is 1.32 bits per heavy atom. The van der Waals surface area contributed by atoms with Crippen LogP contribution in [0.5, 0.6) is 0 Å². The lowest BCUT2D eigenvalue weighted by molar-refractivity contribution is -0.384. The third-order valence-corrected chi connectivity index (χ3v) is 4.12. The highest BCUT2D eigenvalue weighted by molar-refractivity contribution is 5.95. The summed E-state index contributed by atoms with van der Waals surface area (Å²) in [6, 6.07) is 4.78. The first-order valence-corrected chi connectivity index (χ1v) is 7.74. The number of nitro benzene ring substituents is 1. The van der Waals surface area contributed by atoms with Gasteiger partial charge < -0.3 is 10.6 Å². The van der Waals surface area contributed by atoms with Gasteiger partial charge in [-0.2, -0.15) is 0 Å². The summed E-state index contributed by atoms with van der Waals surface area (Å²) in [7, 11) is 0. The van der Waals surface area contributed by atoms with Gasteiger partial charge in [-0.25, -0.2) is 0 Å². The van der Waals surface area contributed by atoms with Crippen LogP contribution in [0.15, 0.2) is 18.2 Å². The molecule has 120 valence electrons. The van der Waals surface area contributed by atoms with Gasteiger partial charge in [-0.3, -0.25) is 14.9 Å². The minimum Gasteiger partial charge on any atom is -0.377 e. The van der Waals surface area contributed by atoms with Gasteiger partial charge in [-0.05, 0) is 51.7 Å². The Bertz CT molecular complexity index is 568. The van der Waals surface area contributed by atoms with Crippen LogP contribution in [-0.2, 0) is 0 Å². The summed E-state index contributed by atoms with van der Waals surface area (Å²) in [6.07, 6.45) is 3.56. The zero-order valence-corrected chi connectivity index (χ0v) is 13.3. The molecule has 0 aromatic heterocycles. The second kappa shape index (κ2) is 6.77. The molecule has 0 saturated heterocycles. The Morgan fingerprint density at radius 3 is 2.50 bits per heavy atom. The van der Waals surface area contributed by atoms with Crippen molar-refractivity contribution in [1.29, 1.82) is 0 Å². The van der Waals surface area contributed by atoms with Crippen molar-refractivity contribution >= 4 is 17.3 Å². The fraction of sp³-hybridized carbons (Fsp3) is 0.562. The first kappa shape index (κ1) is 16.3. The normalized spacial score (nSPS) is 16.0. The average Bonchev–Trinajstić information content (AvgIpc) is 2.35. The van der Waals surface area contributed by atoms with E-state index in [9.17, 15) is 14.9 Å². The van der Waals surface area contributed by atoms with E-state index in [1.165, 1.54) is 12.5 Å². The standard InChI is InChI=1S/C16H23N3O3/c1-10(2)17-16(20)13-7-8-14(15(9-13)19(21)22)18-11(3)12-5-4-6-12/h7-12,18H,4-6H2,1-3H3,(H,17,20). The van der Waals surface area contributed by atoms with Gasteiger partial charge in [-0.1, -0.05) is 6.42 Å². The van der Waals surface area contributed by atoms with Gasteiger partial charge in [0.15, 0.2) is 0 Å². The molecule has 1 aromatic carbocycles. The van der Waals surface area contributed by atoms with Crippen LogP contribution in [0.1, 0.15) is 50.4 Å². The van der Waals surface area contributed by atoms with Crippen molar-refractivity contribution in [3.8, 4) is 0 Å². The van der Waals surface area contributed by atoms with E-state index in [-0.39, 0.29) is 23.7 Å². The van der Waals surface area contributed by atoms with Crippen LogP contribution in [0.2, 0.25) is 0 Å². The largest absolute Gasteiger partial charge is 0.377 e. The highest BCUT2D eigenvalue weighted by Crippen LogP contribution is 2.33. The lowest BCUT2D eigenvalue weighted by atomic mass is 9.80. The van der Waals surface area contributed by atoms with Crippen molar-refractivity contribution in [3.05, 3.63) is 33.9 Å². The number of amides is 1. The Kier molecular flexibility index (Phi) is 5.00. The maximum absolute atomic E-state index is 12.0. The number of hydrogen-bond donors (Lipinski definition) is 2. The van der Waals surface area contributed by atoms with Gasteiger partial charge >= 0.3 is 0 Å². The van der Waals surface area contributed by atoms with Gasteiger partial charge in [0.1, 0.15) is 5.69 Å². The van der Waals surface area contributed by atoms with Crippen LogP contribution < -0.4 is 10.6 Å². The van der Waals surface area contributed by atoms with E-state index in [1.807, 2.05) is 20.8 Å². The fourth-order valence-corrected chi connectivity index (χ4v) is 2.59. The molecule has 1 fully saturated rings. The van der Waals surface area contributed by atoms with Crippen molar-refractivity contribution in [2.45, 2.75) is 52.1 Å². The summed E-state index contributed by atoms with van der Waals surface area (Å²) >= 11 is 0. The molecule has 6 heteroatoms. The topological polar surface area (TPSA) is 84.3 Å². The van der Waals surface area contributed by atoms with Gasteiger partial charge in [0.2, 0.25) is 0 Å². The molecule has 1 aliphatic rings. The number of nitro groups is 1. The first-order chi connectivity index (χ1) is 10.4. The molecule has 2 N–H and O–H groups in total. The summed E-state index contributed by atoms with van der Waals surface area (Å²) < 4.78 is 0. The third-order valence-electron chi connectivity index (χ3n) is 4.12. The molecule has 0 radical (unpaired) electrons. The maximum Gasteiger partial charge on any atom is 0.293 e. The van der Waals surface area contributed by atoms with E-state index in [0.29, 0.717) is 17.2 Å². The van der Waals surface area contributed by atoms with Gasteiger partial charge in [0, 0.05) is 23.7 Å². The van der Waals surface area contributed by atoms with Crippen LogP contribution in [0, 0.1) is 16.0 Å². The van der Waals surface area contributed by atoms with E-state index in [4.69, 9.17) is 0 Å². The number of rotatable bonds is 6. The molecule has 1 amide bonds. The molecule has 0 aliphatic heterocycles. The molecule has 0 bridgehead atoms. The third kappa shape index (κ3) is 3.75. The number of nitrogens with one attached hydrogen (secondary N) is 2. The monoisotopic (exact) mass is 305 g/mol. The SMILES string of the molecule is CC(C)NC(=O)c1ccc(NC(C)C2CCC2)c([N+](=O)[O-])c1. The van der Waals surface area contributed by atoms with Crippen molar-refractivity contribution in [3.63, 3.8) is 0 Å². The molecule has 2 rings (SSSR count). The molecule has 0 spiro atoms. The van der Waals surface area contributed by atoms with Crippen molar-refractivity contribution in [1.82, 2.24) is 5.32 Å². The molecular formula is C16H23N3O3. The molecular weight excluding hydrogens is 282 g/mol. The number of hydrogen-bond acceptors (Lipinski definition) is 4. The predicted octanol–water partition coefficient (Wildman–Crippen LogP) is 3.33. The van der Waals surface area contributed by atoms with Crippen LogP contribution in [-0.4, -0.2) is 22.9 Å². The molecule has 1 aromatic rings. The fourth-order valence-electron chi connectivity index (χ4n) is 2.59. The number of nitrogens with zero attached hydrogens (tertiary/aromatic N) is 1. The van der Waals surface area contributed by atoms with Crippen LogP contribution in [0.3, 0.4) is 0 Å². The van der Waals surface area contributed by atoms with Crippen LogP contribution in [0.4, 0.5) is 11.4 Å². The Morgan fingerprint density at radius 2 is 2.00 bits per heavy atom. The highest BCUT2D eigenvalue weighted by Gasteiger charge is 2.26. The van der Waals surface area contributed by atoms with Gasteiger partial charge in [0.05, 0.1) is 4.92 Å². The summed E-state index contributed by atoms with van der Waals surface area (Å²) in [6.45, 7) is 5.75. The van der Waals surface area contributed by atoms with Crippen LogP contribution in [0.25, 0.3) is 0 Å². The molecule has 1 atom stereocenters. The second-order valence-electron chi connectivity index (χ2n) is 6.24. The number of carbonyl (C=O) groups is 1. The lowest BCUT2D eigenvalue weighted by Gasteiger charge is -2.32. The van der Waals surface area contributed by atoms with E-state index >= 15 is 0 Å². The average molecular weight is 305 g/mol. The van der Waals surface area contributed by atoms with E-state index in [0.717, 1.165) is 12.8 Å². The van der Waals surface area contributed by atoms with Crippen molar-refractivity contribution in [2.75, 3.05) is 5.32 Å². The molecule has 1 aliphatic carbocycles. The quantitative estimate of drug-likeness (QED) is 0.623. The van der Waals surface area contributed by atoms with E-state index < -0.39 is 4.92 Å². The smallest absolute Gasteiger partial charge is 0.293 e. The summed E-state index contributed by atoms with van der Waals surface area (Å²) in [4.78, 5) is 22.8. The Hall–Kier alpha value is -2.11. The molecule has 0 heterocycles. The maximum atomic E-state index is 12.0. The predicted molar refractivity (Wildman–Crippen MR) is 86.1 cm³/mol. The van der Waals surface area contributed by atoms with Gasteiger partial charge in [0.25, 0.3) is 11.6 Å². The van der Waals surface area contributed by atoms with E-state index in [1.54, 1.807) is 12.1 Å². The molecule has 1 unspecified atom stereocenters. The Labute approximate surface area is 130 Å². The molecule has 1 saturated carbocycles. The zero-order valence-electron chi connectivity index (χ0n) is 13.3. The van der Waals surface area contributed by atoms with Crippen molar-refractivity contribution < 1.29 is 9.72 Å². The van der Waals surface area contributed by atoms with Gasteiger partial charge in [-0.15, -0.1) is 0 Å². The van der Waals surface area contributed by atoms with Crippen molar-refractivity contribution in [2.24, 2.45) is 5.92 Å². The zero-order chi connectivity index (χ0) is 16.3. The summed E-state index contributed by atoms with van der Waals surface area (Å²) in [5.74, 6) is 0.278. The lowest BCUT2D eigenvalue weighted by Crippen LogP contribution is -2.31. The highest BCUT2D eigenvalue weighted by atomic mass is 16.6. The molecule has 22 heavy (non-hydrogen) atoms. The second-order valence-corrected chi connectivity index (χ2v) is 6.24. The summed E-state index contributed by atoms with van der Waals surface area (Å²) in [5.41, 5.74) is 0.732. The number of carbonyl (C=O) groups excluding carboxylic acids is 1. The van der Waals surface area contributed by atoms with E-state index in [2.05, 4.69) is 10.6 Å². The minimum absolute atomic E-state index is 0.0111. The van der Waals surface area contributed by atoms with Crippen LogP contribution >= 0.6 is 0 Å². The minimum atomic E-state index is -0.442. The number of benzene rings is 1.